The molecular formula is C15H16Br2O2. The molecule has 2 rings (SSSR count). The van der Waals surface area contributed by atoms with Crippen molar-refractivity contribution >= 4 is 37.8 Å². The van der Waals surface area contributed by atoms with Gasteiger partial charge in [-0.05, 0) is 48.8 Å². The second-order valence-corrected chi connectivity index (χ2v) is 8.15. The Hall–Kier alpha value is -0.610. The first-order valence-corrected chi connectivity index (χ1v) is 7.75. The van der Waals surface area contributed by atoms with Crippen LogP contribution in [0.2, 0.25) is 0 Å². The van der Waals surface area contributed by atoms with Crippen LogP contribution in [0.25, 0.3) is 0 Å². The zero-order valence-corrected chi connectivity index (χ0v) is 14.1. The Labute approximate surface area is 130 Å². The SMILES string of the molecule is CC1(C)[C@H](C=C(Br)Br)[C@H]1C(=O)OCc1ccccc1. The molecule has 4 heteroatoms. The predicted molar refractivity (Wildman–Crippen MR) is 82.9 cm³/mol. The van der Waals surface area contributed by atoms with Gasteiger partial charge >= 0.3 is 5.97 Å². The smallest absolute Gasteiger partial charge is 0.310 e. The summed E-state index contributed by atoms with van der Waals surface area (Å²) >= 11 is 6.69. The lowest BCUT2D eigenvalue weighted by molar-refractivity contribution is -0.147. The topological polar surface area (TPSA) is 26.3 Å². The Bertz CT molecular complexity index is 490. The van der Waals surface area contributed by atoms with E-state index < -0.39 is 0 Å². The summed E-state index contributed by atoms with van der Waals surface area (Å²) in [7, 11) is 0. The van der Waals surface area contributed by atoms with E-state index in [-0.39, 0.29) is 23.2 Å². The molecule has 0 radical (unpaired) electrons. The van der Waals surface area contributed by atoms with E-state index in [2.05, 4.69) is 45.7 Å². The molecule has 0 saturated heterocycles. The van der Waals surface area contributed by atoms with Gasteiger partial charge in [-0.15, -0.1) is 0 Å². The maximum absolute atomic E-state index is 12.1. The minimum atomic E-state index is -0.114. The van der Waals surface area contributed by atoms with Crippen LogP contribution in [0.4, 0.5) is 0 Å². The second-order valence-electron chi connectivity index (χ2n) is 5.37. The molecule has 1 saturated carbocycles. The number of allylic oxidation sites excluding steroid dienone is 1. The maximum Gasteiger partial charge on any atom is 0.310 e. The summed E-state index contributed by atoms with van der Waals surface area (Å²) in [5, 5.41) is 0. The van der Waals surface area contributed by atoms with E-state index in [1.54, 1.807) is 0 Å². The Morgan fingerprint density at radius 2 is 1.95 bits per heavy atom. The molecule has 0 aliphatic heterocycles. The zero-order chi connectivity index (χ0) is 14.0. The molecule has 0 spiro atoms. The molecule has 0 aromatic heterocycles. The summed E-state index contributed by atoms with van der Waals surface area (Å²) in [4.78, 5) is 12.1. The van der Waals surface area contributed by atoms with Gasteiger partial charge in [0.05, 0.1) is 9.31 Å². The first-order chi connectivity index (χ1) is 8.93. The van der Waals surface area contributed by atoms with Crippen LogP contribution in [0, 0.1) is 17.3 Å². The van der Waals surface area contributed by atoms with Crippen LogP contribution >= 0.6 is 31.9 Å². The lowest BCUT2D eigenvalue weighted by Crippen LogP contribution is -2.10. The van der Waals surface area contributed by atoms with Gasteiger partial charge in [0.25, 0.3) is 0 Å². The number of halogens is 2. The number of carbonyl (C=O) groups is 1. The second kappa shape index (κ2) is 5.80. The van der Waals surface area contributed by atoms with Gasteiger partial charge in [-0.3, -0.25) is 4.79 Å². The molecular weight excluding hydrogens is 372 g/mol. The summed E-state index contributed by atoms with van der Waals surface area (Å²) in [6.07, 6.45) is 2.02. The Morgan fingerprint density at radius 3 is 2.53 bits per heavy atom. The lowest BCUT2D eigenvalue weighted by Gasteiger charge is -2.05. The summed E-state index contributed by atoms with van der Waals surface area (Å²) in [6.45, 7) is 4.52. The molecule has 1 aromatic rings. The summed E-state index contributed by atoms with van der Waals surface area (Å²) in [5.74, 6) is 0.0576. The van der Waals surface area contributed by atoms with Crippen molar-refractivity contribution in [3.8, 4) is 0 Å². The molecule has 2 atom stereocenters. The highest BCUT2D eigenvalue weighted by Gasteiger charge is 2.61. The van der Waals surface area contributed by atoms with Crippen molar-refractivity contribution in [2.45, 2.75) is 20.5 Å². The van der Waals surface area contributed by atoms with Crippen LogP contribution in [-0.2, 0) is 16.1 Å². The fourth-order valence-corrected chi connectivity index (χ4v) is 2.96. The quantitative estimate of drug-likeness (QED) is 0.703. The number of benzene rings is 1. The molecule has 0 amide bonds. The van der Waals surface area contributed by atoms with Gasteiger partial charge in [-0.25, -0.2) is 0 Å². The number of esters is 1. The molecule has 102 valence electrons. The van der Waals surface area contributed by atoms with Gasteiger partial charge in [0.1, 0.15) is 6.61 Å². The van der Waals surface area contributed by atoms with Crippen LogP contribution < -0.4 is 0 Å². The normalized spacial score (nSPS) is 23.6. The van der Waals surface area contributed by atoms with Gasteiger partial charge in [-0.2, -0.15) is 0 Å². The van der Waals surface area contributed by atoms with Crippen LogP contribution in [0.15, 0.2) is 39.8 Å². The highest BCUT2D eigenvalue weighted by molar-refractivity contribution is 9.28. The average molecular weight is 388 g/mol. The standard InChI is InChI=1S/C15H16Br2O2/c1-15(2)11(8-12(16)17)13(15)14(18)19-9-10-6-4-3-5-7-10/h3-8,11,13H,9H2,1-2H3/t11-,13+/m1/s1. The molecule has 0 bridgehead atoms. The van der Waals surface area contributed by atoms with Crippen molar-refractivity contribution < 1.29 is 9.53 Å². The van der Waals surface area contributed by atoms with Crippen molar-refractivity contribution in [3.05, 3.63) is 45.4 Å². The number of carbonyl (C=O) groups excluding carboxylic acids is 1. The van der Waals surface area contributed by atoms with Gasteiger partial charge in [0.2, 0.25) is 0 Å². The van der Waals surface area contributed by atoms with Crippen molar-refractivity contribution in [1.29, 1.82) is 0 Å². The lowest BCUT2D eigenvalue weighted by atomic mass is 10.1. The van der Waals surface area contributed by atoms with Crippen LogP contribution in [0.1, 0.15) is 19.4 Å². The fraction of sp³-hybridized carbons (Fsp3) is 0.400. The van der Waals surface area contributed by atoms with Crippen LogP contribution in [0.5, 0.6) is 0 Å². The van der Waals surface area contributed by atoms with Crippen molar-refractivity contribution in [1.82, 2.24) is 0 Å². The van der Waals surface area contributed by atoms with E-state index >= 15 is 0 Å². The zero-order valence-electron chi connectivity index (χ0n) is 10.9. The minimum absolute atomic E-state index is 0.0272. The van der Waals surface area contributed by atoms with E-state index in [0.717, 1.165) is 8.96 Å². The highest BCUT2D eigenvalue weighted by Crippen LogP contribution is 2.60. The Balaban J connectivity index is 1.93. The number of ether oxygens (including phenoxy) is 1. The van der Waals surface area contributed by atoms with E-state index in [1.807, 2.05) is 36.4 Å². The molecule has 2 nitrogen and oxygen atoms in total. The fourth-order valence-electron chi connectivity index (χ4n) is 2.39. The van der Waals surface area contributed by atoms with Crippen molar-refractivity contribution in [2.24, 2.45) is 17.3 Å². The third-order valence-corrected chi connectivity index (χ3v) is 4.22. The van der Waals surface area contributed by atoms with E-state index in [0.29, 0.717) is 6.61 Å². The maximum atomic E-state index is 12.1. The molecule has 19 heavy (non-hydrogen) atoms. The first-order valence-electron chi connectivity index (χ1n) is 6.16. The summed E-state index contributed by atoms with van der Waals surface area (Å²) in [6, 6.07) is 9.74. The minimum Gasteiger partial charge on any atom is -0.461 e. The molecule has 0 N–H and O–H groups in total. The summed E-state index contributed by atoms with van der Waals surface area (Å²) in [5.41, 5.74) is 0.990. The van der Waals surface area contributed by atoms with E-state index in [1.165, 1.54) is 0 Å². The van der Waals surface area contributed by atoms with E-state index in [4.69, 9.17) is 4.74 Å². The van der Waals surface area contributed by atoms with E-state index in [9.17, 15) is 4.79 Å². The number of hydrogen-bond donors (Lipinski definition) is 0. The van der Waals surface area contributed by atoms with Crippen LogP contribution in [-0.4, -0.2) is 5.97 Å². The van der Waals surface area contributed by atoms with Crippen LogP contribution in [0.3, 0.4) is 0 Å². The van der Waals surface area contributed by atoms with Gasteiger partial charge < -0.3 is 4.74 Å². The Kier molecular flexibility index (Phi) is 4.51. The predicted octanol–water partition coefficient (Wildman–Crippen LogP) is 4.63. The monoisotopic (exact) mass is 386 g/mol. The van der Waals surface area contributed by atoms with Crippen molar-refractivity contribution in [2.75, 3.05) is 0 Å². The molecule has 1 aromatic carbocycles. The third-order valence-electron chi connectivity index (χ3n) is 3.69. The molecule has 0 heterocycles. The molecule has 1 fully saturated rings. The average Bonchev–Trinajstić information content (AvgIpc) is 2.88. The van der Waals surface area contributed by atoms with Gasteiger partial charge in [0.15, 0.2) is 0 Å². The molecule has 0 unspecified atom stereocenters. The van der Waals surface area contributed by atoms with Gasteiger partial charge in [0, 0.05) is 0 Å². The highest BCUT2D eigenvalue weighted by atomic mass is 79.9. The third kappa shape index (κ3) is 3.48. The first kappa shape index (κ1) is 14.8. The molecule has 1 aliphatic carbocycles. The molecule has 1 aliphatic rings. The van der Waals surface area contributed by atoms with Crippen molar-refractivity contribution in [3.63, 3.8) is 0 Å². The Morgan fingerprint density at radius 1 is 1.32 bits per heavy atom. The van der Waals surface area contributed by atoms with Gasteiger partial charge in [-0.1, -0.05) is 50.3 Å². The summed E-state index contributed by atoms with van der Waals surface area (Å²) < 4.78 is 6.29. The number of rotatable bonds is 4. The largest absolute Gasteiger partial charge is 0.461 e. The number of hydrogen-bond acceptors (Lipinski definition) is 2.